The summed E-state index contributed by atoms with van der Waals surface area (Å²) in [6.07, 6.45) is 3.49. The normalized spacial score (nSPS) is 24.1. The van der Waals surface area contributed by atoms with E-state index in [0.717, 1.165) is 25.5 Å². The lowest BCUT2D eigenvalue weighted by atomic mass is 10.1. The van der Waals surface area contributed by atoms with Gasteiger partial charge in [-0.05, 0) is 25.2 Å². The summed E-state index contributed by atoms with van der Waals surface area (Å²) in [5.74, 6) is 1.03. The van der Waals surface area contributed by atoms with Gasteiger partial charge in [0, 0.05) is 38.8 Å². The fourth-order valence-electron chi connectivity index (χ4n) is 2.04. The molecular weight excluding hydrogens is 220 g/mol. The Hall–Kier alpha value is -0.810. The van der Waals surface area contributed by atoms with Crippen LogP contribution in [0, 0.1) is 11.8 Å². The molecule has 0 spiro atoms. The lowest BCUT2D eigenvalue weighted by Gasteiger charge is -2.17. The van der Waals surface area contributed by atoms with Gasteiger partial charge in [0.05, 0.1) is 6.61 Å². The number of likely N-dealkylation sites (tertiary alicyclic amines) is 1. The Kier molecular flexibility index (Phi) is 4.62. The van der Waals surface area contributed by atoms with Crippen LogP contribution in [-0.2, 0) is 4.74 Å². The van der Waals surface area contributed by atoms with Crippen LogP contribution >= 0.6 is 0 Å². The molecule has 0 radical (unpaired) electrons. The van der Waals surface area contributed by atoms with E-state index in [9.17, 15) is 4.79 Å². The number of urea groups is 1. The molecule has 1 unspecified atom stereocenters. The van der Waals surface area contributed by atoms with Crippen molar-refractivity contribution >= 4 is 6.03 Å². The fraction of sp³-hybridized carbons (Fsp3) is 0.917. The third-order valence-corrected chi connectivity index (χ3v) is 3.40. The van der Waals surface area contributed by atoms with Crippen molar-refractivity contribution < 1.29 is 14.6 Å². The van der Waals surface area contributed by atoms with E-state index in [0.29, 0.717) is 19.7 Å². The quantitative estimate of drug-likeness (QED) is 0.664. The monoisotopic (exact) mass is 242 g/mol. The Morgan fingerprint density at radius 1 is 1.35 bits per heavy atom. The predicted octanol–water partition coefficient (Wildman–Crippen LogP) is 0.437. The number of nitrogens with one attached hydrogen (secondary N) is 1. The molecule has 0 bridgehead atoms. The Balaban J connectivity index is 1.51. The SMILES string of the molecule is O=C(NCCOCC1CC1)N1CCC(CO)C1. The van der Waals surface area contributed by atoms with Crippen LogP contribution in [-0.4, -0.2) is 55.5 Å². The van der Waals surface area contributed by atoms with Gasteiger partial charge in [0.25, 0.3) is 0 Å². The van der Waals surface area contributed by atoms with Crippen LogP contribution in [0.1, 0.15) is 19.3 Å². The van der Waals surface area contributed by atoms with Crippen LogP contribution in [0.5, 0.6) is 0 Å². The van der Waals surface area contributed by atoms with Crippen molar-refractivity contribution in [2.45, 2.75) is 19.3 Å². The van der Waals surface area contributed by atoms with Gasteiger partial charge in [-0.3, -0.25) is 0 Å². The first kappa shape index (κ1) is 12.6. The number of amides is 2. The van der Waals surface area contributed by atoms with E-state index >= 15 is 0 Å². The van der Waals surface area contributed by atoms with Crippen LogP contribution in [0.3, 0.4) is 0 Å². The Bertz CT molecular complexity index is 256. The topological polar surface area (TPSA) is 61.8 Å². The summed E-state index contributed by atoms with van der Waals surface area (Å²) in [7, 11) is 0. The van der Waals surface area contributed by atoms with E-state index in [2.05, 4.69) is 5.32 Å². The smallest absolute Gasteiger partial charge is 0.317 e. The summed E-state index contributed by atoms with van der Waals surface area (Å²) >= 11 is 0. The molecule has 5 nitrogen and oxygen atoms in total. The van der Waals surface area contributed by atoms with E-state index in [1.54, 1.807) is 4.90 Å². The number of aliphatic hydroxyl groups is 1. The van der Waals surface area contributed by atoms with Crippen LogP contribution < -0.4 is 5.32 Å². The Labute approximate surface area is 102 Å². The second-order valence-electron chi connectivity index (χ2n) is 5.03. The second-order valence-corrected chi connectivity index (χ2v) is 5.03. The van der Waals surface area contributed by atoms with Crippen molar-refractivity contribution in [2.75, 3.05) is 39.5 Å². The van der Waals surface area contributed by atoms with E-state index in [1.165, 1.54) is 12.8 Å². The van der Waals surface area contributed by atoms with Crippen molar-refractivity contribution in [1.82, 2.24) is 10.2 Å². The average molecular weight is 242 g/mol. The standard InChI is InChI=1S/C12H22N2O3/c15-8-11-3-5-14(7-11)12(16)13-4-6-17-9-10-1-2-10/h10-11,15H,1-9H2,(H,13,16). The van der Waals surface area contributed by atoms with Crippen molar-refractivity contribution in [1.29, 1.82) is 0 Å². The number of carbonyl (C=O) groups excluding carboxylic acids is 1. The Morgan fingerprint density at radius 2 is 2.18 bits per heavy atom. The summed E-state index contributed by atoms with van der Waals surface area (Å²) in [5, 5.41) is 11.8. The van der Waals surface area contributed by atoms with Gasteiger partial charge in [-0.25, -0.2) is 4.79 Å². The molecule has 1 aliphatic carbocycles. The van der Waals surface area contributed by atoms with Gasteiger partial charge in [0.1, 0.15) is 0 Å². The lowest BCUT2D eigenvalue weighted by Crippen LogP contribution is -2.40. The largest absolute Gasteiger partial charge is 0.396 e. The second kappa shape index (κ2) is 6.21. The lowest BCUT2D eigenvalue weighted by molar-refractivity contribution is 0.125. The van der Waals surface area contributed by atoms with Crippen LogP contribution in [0.4, 0.5) is 4.79 Å². The molecule has 0 aromatic heterocycles. The summed E-state index contributed by atoms with van der Waals surface area (Å²) in [6, 6.07) is -0.0315. The van der Waals surface area contributed by atoms with Gasteiger partial charge in [-0.1, -0.05) is 0 Å². The summed E-state index contributed by atoms with van der Waals surface area (Å²) < 4.78 is 5.44. The van der Waals surface area contributed by atoms with Crippen molar-refractivity contribution in [3.05, 3.63) is 0 Å². The van der Waals surface area contributed by atoms with E-state index in [-0.39, 0.29) is 18.6 Å². The molecule has 2 fully saturated rings. The Morgan fingerprint density at radius 3 is 2.82 bits per heavy atom. The summed E-state index contributed by atoms with van der Waals surface area (Å²) in [5.41, 5.74) is 0. The molecule has 0 aromatic carbocycles. The van der Waals surface area contributed by atoms with Crippen LogP contribution in [0.2, 0.25) is 0 Å². The molecule has 0 aromatic rings. The summed E-state index contributed by atoms with van der Waals surface area (Å²) in [6.45, 7) is 3.61. The number of hydrogen-bond acceptors (Lipinski definition) is 3. The minimum absolute atomic E-state index is 0.0315. The fourth-order valence-corrected chi connectivity index (χ4v) is 2.04. The molecule has 1 atom stereocenters. The third-order valence-electron chi connectivity index (χ3n) is 3.40. The van der Waals surface area contributed by atoms with E-state index in [1.807, 2.05) is 0 Å². The molecule has 1 saturated heterocycles. The maximum Gasteiger partial charge on any atom is 0.317 e. The molecule has 5 heteroatoms. The first-order chi connectivity index (χ1) is 8.29. The van der Waals surface area contributed by atoms with Crippen molar-refractivity contribution in [2.24, 2.45) is 11.8 Å². The highest BCUT2D eigenvalue weighted by molar-refractivity contribution is 5.74. The zero-order valence-electron chi connectivity index (χ0n) is 10.2. The number of ether oxygens (including phenoxy) is 1. The number of carbonyl (C=O) groups is 1. The van der Waals surface area contributed by atoms with Gasteiger partial charge in [-0.2, -0.15) is 0 Å². The maximum atomic E-state index is 11.7. The molecule has 17 heavy (non-hydrogen) atoms. The molecule has 2 amide bonds. The maximum absolute atomic E-state index is 11.7. The van der Waals surface area contributed by atoms with Gasteiger partial charge in [0.15, 0.2) is 0 Å². The summed E-state index contributed by atoms with van der Waals surface area (Å²) in [4.78, 5) is 13.5. The zero-order chi connectivity index (χ0) is 12.1. The van der Waals surface area contributed by atoms with E-state index < -0.39 is 0 Å². The highest BCUT2D eigenvalue weighted by Gasteiger charge is 2.25. The number of nitrogens with zero attached hydrogens (tertiary/aromatic N) is 1. The number of aliphatic hydroxyl groups excluding tert-OH is 1. The number of rotatable bonds is 6. The number of hydrogen-bond donors (Lipinski definition) is 2. The highest BCUT2D eigenvalue weighted by atomic mass is 16.5. The molecule has 1 aliphatic heterocycles. The first-order valence-corrected chi connectivity index (χ1v) is 6.51. The van der Waals surface area contributed by atoms with E-state index in [4.69, 9.17) is 9.84 Å². The molecule has 1 saturated carbocycles. The van der Waals surface area contributed by atoms with Crippen LogP contribution in [0.15, 0.2) is 0 Å². The third kappa shape index (κ3) is 4.16. The van der Waals surface area contributed by atoms with Crippen molar-refractivity contribution in [3.8, 4) is 0 Å². The molecule has 98 valence electrons. The van der Waals surface area contributed by atoms with Gasteiger partial charge in [-0.15, -0.1) is 0 Å². The van der Waals surface area contributed by atoms with Gasteiger partial charge >= 0.3 is 6.03 Å². The van der Waals surface area contributed by atoms with Gasteiger partial charge < -0.3 is 20.1 Å². The van der Waals surface area contributed by atoms with Crippen molar-refractivity contribution in [3.63, 3.8) is 0 Å². The zero-order valence-corrected chi connectivity index (χ0v) is 10.2. The molecule has 2 N–H and O–H groups in total. The minimum Gasteiger partial charge on any atom is -0.396 e. The van der Waals surface area contributed by atoms with Gasteiger partial charge in [0.2, 0.25) is 0 Å². The molecule has 1 heterocycles. The molecule has 2 aliphatic rings. The average Bonchev–Trinajstić information content (AvgIpc) is 3.03. The first-order valence-electron chi connectivity index (χ1n) is 6.51. The van der Waals surface area contributed by atoms with Crippen LogP contribution in [0.25, 0.3) is 0 Å². The minimum atomic E-state index is -0.0315. The highest BCUT2D eigenvalue weighted by Crippen LogP contribution is 2.28. The molecular formula is C12H22N2O3. The predicted molar refractivity (Wildman–Crippen MR) is 63.7 cm³/mol. The molecule has 2 rings (SSSR count).